The maximum Gasteiger partial charge on any atom is 0.573 e. The highest BCUT2D eigenvalue weighted by Crippen LogP contribution is 2.44. The predicted octanol–water partition coefficient (Wildman–Crippen LogP) is 5.48. The van der Waals surface area contributed by atoms with Gasteiger partial charge in [0.1, 0.15) is 5.60 Å². The summed E-state index contributed by atoms with van der Waals surface area (Å²) in [6, 6.07) is 4.06. The van der Waals surface area contributed by atoms with Crippen molar-refractivity contribution in [1.29, 1.82) is 0 Å². The second-order valence-corrected chi connectivity index (χ2v) is 11.8. The van der Waals surface area contributed by atoms with E-state index in [1.165, 1.54) is 17.0 Å². The Morgan fingerprint density at radius 3 is 2.10 bits per heavy atom. The molecule has 2 aliphatic rings. The van der Waals surface area contributed by atoms with E-state index in [4.69, 9.17) is 9.47 Å². The number of amides is 2. The number of hydrogen-bond acceptors (Lipinski definition) is 6. The standard InChI is InChI=1S/C28H41F3N2O6/c1-19(2)18-37-21-10-9-20(17-22(21)38-28(29,30)31)23(27(36)11-7-6-8-12-27)24(34)32-13-15-33(16-14-32)25(35)39-26(3,4)5/h9-10,17,19,23,36H,6-8,11-16,18H2,1-5H3. The first-order valence-corrected chi connectivity index (χ1v) is 13.6. The van der Waals surface area contributed by atoms with Crippen molar-refractivity contribution in [1.82, 2.24) is 9.80 Å². The molecule has 1 N–H and O–H groups in total. The van der Waals surface area contributed by atoms with E-state index >= 15 is 0 Å². The number of hydrogen-bond donors (Lipinski definition) is 1. The number of halogens is 3. The zero-order valence-corrected chi connectivity index (χ0v) is 23.5. The topological polar surface area (TPSA) is 88.5 Å². The van der Waals surface area contributed by atoms with Crippen molar-refractivity contribution < 1.29 is 42.1 Å². The molecule has 220 valence electrons. The second-order valence-electron chi connectivity index (χ2n) is 11.8. The maximum atomic E-state index is 13.9. The van der Waals surface area contributed by atoms with E-state index in [0.717, 1.165) is 12.5 Å². The SMILES string of the molecule is CC(C)COc1ccc(C(C(=O)N2CCN(C(=O)OC(C)(C)C)CC2)C2(O)CCCCC2)cc1OC(F)(F)F. The molecule has 1 aliphatic heterocycles. The van der Waals surface area contributed by atoms with Gasteiger partial charge in [-0.05, 0) is 57.2 Å². The molecular formula is C28H41F3N2O6. The summed E-state index contributed by atoms with van der Waals surface area (Å²) in [5, 5.41) is 11.7. The molecule has 8 nitrogen and oxygen atoms in total. The zero-order valence-electron chi connectivity index (χ0n) is 23.5. The molecule has 1 aromatic rings. The van der Waals surface area contributed by atoms with Crippen molar-refractivity contribution >= 4 is 12.0 Å². The molecule has 1 saturated heterocycles. The van der Waals surface area contributed by atoms with Gasteiger partial charge in [0.05, 0.1) is 18.1 Å². The van der Waals surface area contributed by atoms with Gasteiger partial charge in [0, 0.05) is 26.2 Å². The molecule has 0 spiro atoms. The van der Waals surface area contributed by atoms with E-state index in [0.29, 0.717) is 25.7 Å². The highest BCUT2D eigenvalue weighted by Gasteiger charge is 2.46. The summed E-state index contributed by atoms with van der Waals surface area (Å²) in [6.45, 7) is 10.2. The van der Waals surface area contributed by atoms with Crippen molar-refractivity contribution in [2.24, 2.45) is 5.92 Å². The molecule has 1 atom stereocenters. The molecule has 2 amide bonds. The molecule has 1 heterocycles. The van der Waals surface area contributed by atoms with Crippen LogP contribution in [0, 0.1) is 5.92 Å². The lowest BCUT2D eigenvalue weighted by Crippen LogP contribution is -2.55. The number of benzene rings is 1. The minimum atomic E-state index is -4.96. The van der Waals surface area contributed by atoms with Gasteiger partial charge in [0.15, 0.2) is 11.5 Å². The summed E-state index contributed by atoms with van der Waals surface area (Å²) in [5.41, 5.74) is -1.84. The van der Waals surface area contributed by atoms with Crippen LogP contribution in [0.5, 0.6) is 11.5 Å². The second kappa shape index (κ2) is 12.2. The minimum absolute atomic E-state index is 0.0695. The smallest absolute Gasteiger partial charge is 0.489 e. The zero-order chi connectivity index (χ0) is 29.0. The molecule has 2 fully saturated rings. The van der Waals surface area contributed by atoms with Crippen molar-refractivity contribution in [3.8, 4) is 11.5 Å². The number of ether oxygens (including phenoxy) is 3. The summed E-state index contributed by atoms with van der Waals surface area (Å²) in [6.07, 6.45) is -2.42. The minimum Gasteiger partial charge on any atom is -0.489 e. The van der Waals surface area contributed by atoms with E-state index in [-0.39, 0.29) is 50.0 Å². The number of piperazine rings is 1. The lowest BCUT2D eigenvalue weighted by Gasteiger charge is -2.43. The Bertz CT molecular complexity index is 994. The lowest BCUT2D eigenvalue weighted by atomic mass is 9.72. The fourth-order valence-electron chi connectivity index (χ4n) is 5.04. The summed E-state index contributed by atoms with van der Waals surface area (Å²) < 4.78 is 55.2. The predicted molar refractivity (Wildman–Crippen MR) is 139 cm³/mol. The Kier molecular flexibility index (Phi) is 9.67. The van der Waals surface area contributed by atoms with Crippen LogP contribution in [0.25, 0.3) is 0 Å². The van der Waals surface area contributed by atoms with Crippen molar-refractivity contribution in [3.05, 3.63) is 23.8 Å². The third kappa shape index (κ3) is 8.65. The number of carbonyl (C=O) groups is 2. The molecule has 0 bridgehead atoms. The van der Waals surface area contributed by atoms with Crippen LogP contribution in [-0.2, 0) is 9.53 Å². The Morgan fingerprint density at radius 1 is 0.974 bits per heavy atom. The van der Waals surface area contributed by atoms with Gasteiger partial charge in [-0.1, -0.05) is 39.2 Å². The number of rotatable bonds is 7. The summed E-state index contributed by atoms with van der Waals surface area (Å²) in [5.74, 6) is -2.05. The fourth-order valence-corrected chi connectivity index (χ4v) is 5.04. The van der Waals surface area contributed by atoms with Crippen molar-refractivity contribution in [2.75, 3.05) is 32.8 Å². The average molecular weight is 559 g/mol. The average Bonchev–Trinajstić information content (AvgIpc) is 2.82. The van der Waals surface area contributed by atoms with E-state index in [9.17, 15) is 27.9 Å². The maximum absolute atomic E-state index is 13.9. The van der Waals surface area contributed by atoms with Crippen LogP contribution in [0.1, 0.15) is 78.2 Å². The Hall–Kier alpha value is -2.69. The largest absolute Gasteiger partial charge is 0.573 e. The molecule has 3 rings (SSSR count). The van der Waals surface area contributed by atoms with E-state index in [2.05, 4.69) is 4.74 Å². The molecule has 11 heteroatoms. The van der Waals surface area contributed by atoms with Crippen LogP contribution >= 0.6 is 0 Å². The van der Waals surface area contributed by atoms with E-state index < -0.39 is 41.2 Å². The van der Waals surface area contributed by atoms with Crippen molar-refractivity contribution in [3.63, 3.8) is 0 Å². The van der Waals surface area contributed by atoms with Crippen LogP contribution in [-0.4, -0.2) is 77.3 Å². The third-order valence-corrected chi connectivity index (χ3v) is 6.85. The van der Waals surface area contributed by atoms with E-state index in [1.54, 1.807) is 25.7 Å². The molecule has 1 unspecified atom stereocenters. The van der Waals surface area contributed by atoms with Crippen LogP contribution in [0.2, 0.25) is 0 Å². The van der Waals surface area contributed by atoms with Gasteiger partial charge >= 0.3 is 12.5 Å². The fraction of sp³-hybridized carbons (Fsp3) is 0.714. The molecular weight excluding hydrogens is 517 g/mol. The number of alkyl halides is 3. The quantitative estimate of drug-likeness (QED) is 0.477. The number of aliphatic hydroxyl groups is 1. The van der Waals surface area contributed by atoms with Gasteiger partial charge in [-0.2, -0.15) is 0 Å². The molecule has 1 aliphatic carbocycles. The molecule has 1 aromatic carbocycles. The molecule has 1 saturated carbocycles. The highest BCUT2D eigenvalue weighted by atomic mass is 19.4. The number of nitrogens with zero attached hydrogens (tertiary/aromatic N) is 2. The third-order valence-electron chi connectivity index (χ3n) is 6.85. The van der Waals surface area contributed by atoms with Crippen LogP contribution < -0.4 is 9.47 Å². The molecule has 39 heavy (non-hydrogen) atoms. The van der Waals surface area contributed by atoms with Gasteiger partial charge in [-0.15, -0.1) is 13.2 Å². The van der Waals surface area contributed by atoms with Gasteiger partial charge in [-0.3, -0.25) is 4.79 Å². The monoisotopic (exact) mass is 558 g/mol. The first-order valence-electron chi connectivity index (χ1n) is 13.6. The molecule has 0 aromatic heterocycles. The summed E-state index contributed by atoms with van der Waals surface area (Å²) in [7, 11) is 0. The lowest BCUT2D eigenvalue weighted by molar-refractivity contribution is -0.275. The highest BCUT2D eigenvalue weighted by molar-refractivity contribution is 5.86. The summed E-state index contributed by atoms with van der Waals surface area (Å²) in [4.78, 5) is 29.5. The van der Waals surface area contributed by atoms with Gasteiger partial charge in [0.2, 0.25) is 5.91 Å². The van der Waals surface area contributed by atoms with Crippen LogP contribution in [0.4, 0.5) is 18.0 Å². The normalized spacial score (nSPS) is 19.0. The van der Waals surface area contributed by atoms with Crippen molar-refractivity contribution in [2.45, 2.75) is 90.2 Å². The first kappa shape index (κ1) is 30.8. The van der Waals surface area contributed by atoms with E-state index in [1.807, 2.05) is 13.8 Å². The summed E-state index contributed by atoms with van der Waals surface area (Å²) >= 11 is 0. The van der Waals surface area contributed by atoms with Gasteiger partial charge in [-0.25, -0.2) is 4.79 Å². The number of carbonyl (C=O) groups excluding carboxylic acids is 2. The first-order chi connectivity index (χ1) is 18.1. The van der Waals surface area contributed by atoms with Gasteiger partial charge < -0.3 is 29.1 Å². The van der Waals surface area contributed by atoms with Crippen LogP contribution in [0.3, 0.4) is 0 Å². The Labute approximate surface area is 228 Å². The van der Waals surface area contributed by atoms with Gasteiger partial charge in [0.25, 0.3) is 0 Å². The van der Waals surface area contributed by atoms with Crippen LogP contribution in [0.15, 0.2) is 18.2 Å². The Balaban J connectivity index is 1.90. The Morgan fingerprint density at radius 2 is 1.56 bits per heavy atom. The molecule has 0 radical (unpaired) electrons.